The number of nitrogens with zero attached hydrogens (tertiary/aromatic N) is 5. The number of aromatic nitrogens is 2. The molecule has 7 rings (SSSR count). The minimum Gasteiger partial charge on any atom is -0.379 e. The lowest BCUT2D eigenvalue weighted by Gasteiger charge is -2.40. The molecule has 2 aromatic carbocycles. The van der Waals surface area contributed by atoms with E-state index in [1.54, 1.807) is 18.1 Å². The first-order valence-electron chi connectivity index (χ1n) is 15.9. The molecule has 0 saturated carbocycles. The molecule has 3 saturated heterocycles. The van der Waals surface area contributed by atoms with Gasteiger partial charge >= 0.3 is 0 Å². The monoisotopic (exact) mass is 701 g/mol. The predicted octanol–water partition coefficient (Wildman–Crippen LogP) is 2.44. The van der Waals surface area contributed by atoms with E-state index in [-0.39, 0.29) is 47.6 Å². The zero-order valence-electron chi connectivity index (χ0n) is 26.2. The molecule has 3 atom stereocenters. The molecule has 47 heavy (non-hydrogen) atoms. The summed E-state index contributed by atoms with van der Waals surface area (Å²) in [6.07, 6.45) is 3.10. The number of aryl methyl sites for hydroxylation is 1. The van der Waals surface area contributed by atoms with Gasteiger partial charge in [-0.1, -0.05) is 24.3 Å². The van der Waals surface area contributed by atoms with Crippen molar-refractivity contribution in [1.29, 1.82) is 0 Å². The van der Waals surface area contributed by atoms with Gasteiger partial charge in [-0.15, -0.1) is 0 Å². The first kappa shape index (κ1) is 31.3. The summed E-state index contributed by atoms with van der Waals surface area (Å²) in [7, 11) is 3.71. The molecule has 3 unspecified atom stereocenters. The number of nitrogens with one attached hydrogen (secondary N) is 2. The fraction of sp³-hybridized carbons (Fsp3) is 0.412. The molecule has 3 aromatic rings. The van der Waals surface area contributed by atoms with Crippen molar-refractivity contribution >= 4 is 45.2 Å². The Morgan fingerprint density at radius 3 is 2.45 bits per heavy atom. The summed E-state index contributed by atoms with van der Waals surface area (Å²) in [6.45, 7) is 3.26. The van der Waals surface area contributed by atoms with Gasteiger partial charge in [0.05, 0.1) is 11.9 Å². The van der Waals surface area contributed by atoms with Crippen LogP contribution in [0.2, 0.25) is 0 Å². The van der Waals surface area contributed by atoms with Crippen molar-refractivity contribution in [2.75, 3.05) is 38.5 Å². The summed E-state index contributed by atoms with van der Waals surface area (Å²) in [5, 5.41) is 9.97. The molecule has 1 aromatic heterocycles. The molecule has 0 spiro atoms. The van der Waals surface area contributed by atoms with Crippen molar-refractivity contribution in [2.24, 2.45) is 7.05 Å². The number of benzene rings is 2. The number of hydrogen-bond acceptors (Lipinski definition) is 8. The van der Waals surface area contributed by atoms with Gasteiger partial charge in [0.25, 0.3) is 17.4 Å². The minimum atomic E-state index is -0.637. The summed E-state index contributed by atoms with van der Waals surface area (Å²) in [4.78, 5) is 68.3. The van der Waals surface area contributed by atoms with Gasteiger partial charge in [0, 0.05) is 69.3 Å². The van der Waals surface area contributed by atoms with Crippen LogP contribution in [0.4, 0.5) is 5.69 Å². The Bertz CT molecular complexity index is 1840. The van der Waals surface area contributed by atoms with Crippen LogP contribution in [-0.4, -0.2) is 93.4 Å². The van der Waals surface area contributed by atoms with Gasteiger partial charge in [0.15, 0.2) is 0 Å². The van der Waals surface area contributed by atoms with Gasteiger partial charge in [-0.3, -0.25) is 29.3 Å². The molecule has 4 aliphatic heterocycles. The average molecular weight is 703 g/mol. The highest BCUT2D eigenvalue weighted by Crippen LogP contribution is 2.34. The predicted molar refractivity (Wildman–Crippen MR) is 177 cm³/mol. The van der Waals surface area contributed by atoms with E-state index in [1.807, 2.05) is 47.4 Å². The molecule has 12 nitrogen and oxygen atoms in total. The second kappa shape index (κ2) is 12.3. The van der Waals surface area contributed by atoms with E-state index in [2.05, 4.69) is 43.6 Å². The van der Waals surface area contributed by atoms with Gasteiger partial charge in [0.1, 0.15) is 10.5 Å². The number of likely N-dealkylation sites (N-methyl/N-ethyl adjacent to an activating group) is 1. The minimum absolute atomic E-state index is 0.00325. The van der Waals surface area contributed by atoms with Crippen LogP contribution < -0.4 is 16.2 Å². The highest BCUT2D eigenvalue weighted by atomic mass is 79.9. The number of halogens is 1. The van der Waals surface area contributed by atoms with E-state index in [1.165, 1.54) is 10.2 Å². The normalized spacial score (nSPS) is 23.4. The molecule has 2 N–H and O–H groups in total. The molecule has 3 fully saturated rings. The van der Waals surface area contributed by atoms with E-state index in [0.29, 0.717) is 47.3 Å². The first-order valence-corrected chi connectivity index (χ1v) is 16.7. The largest absolute Gasteiger partial charge is 0.379 e. The lowest BCUT2D eigenvalue weighted by molar-refractivity contribution is -0.136. The van der Waals surface area contributed by atoms with Crippen LogP contribution in [-0.2, 0) is 23.2 Å². The highest BCUT2D eigenvalue weighted by Gasteiger charge is 2.40. The number of likely N-dealkylation sites (tertiary alicyclic amines) is 2. The number of anilines is 1. The molecular weight excluding hydrogens is 666 g/mol. The van der Waals surface area contributed by atoms with Crippen LogP contribution in [0.15, 0.2) is 57.9 Å². The molecule has 244 valence electrons. The van der Waals surface area contributed by atoms with Gasteiger partial charge in [-0.2, -0.15) is 5.10 Å². The van der Waals surface area contributed by atoms with E-state index < -0.39 is 11.9 Å². The molecule has 0 bridgehead atoms. The van der Waals surface area contributed by atoms with E-state index in [4.69, 9.17) is 0 Å². The van der Waals surface area contributed by atoms with Crippen LogP contribution in [0.3, 0.4) is 0 Å². The van der Waals surface area contributed by atoms with Gasteiger partial charge < -0.3 is 20.0 Å². The second-order valence-corrected chi connectivity index (χ2v) is 13.9. The summed E-state index contributed by atoms with van der Waals surface area (Å²) >= 11 is 3.41. The summed E-state index contributed by atoms with van der Waals surface area (Å²) in [6, 6.07) is 13.2. The zero-order chi connectivity index (χ0) is 33.0. The third-order valence-corrected chi connectivity index (χ3v) is 10.7. The number of rotatable bonds is 6. The molecule has 13 heteroatoms. The number of carbonyl (C=O) groups is 4. The van der Waals surface area contributed by atoms with Crippen molar-refractivity contribution < 1.29 is 19.2 Å². The Labute approximate surface area is 280 Å². The van der Waals surface area contributed by atoms with Crippen LogP contribution in [0.5, 0.6) is 0 Å². The van der Waals surface area contributed by atoms with Crippen molar-refractivity contribution in [3.8, 4) is 0 Å². The fourth-order valence-corrected chi connectivity index (χ4v) is 7.75. The Morgan fingerprint density at radius 2 is 1.70 bits per heavy atom. The Balaban J connectivity index is 0.954. The van der Waals surface area contributed by atoms with Gasteiger partial charge in [0.2, 0.25) is 11.8 Å². The standard InChI is InChI=1S/C34H36BrN7O5/c1-39-14-22(12-25(18-39)37-27-13-36-40(2)34(47)30(27)35)19-3-5-20(6-4-19)32(45)41-15-24(16-41)21-7-8-26-23(11-21)17-42(33(26)46)28-9-10-29(43)38-31(28)44/h3-8,11,13,22,24-25,28,37H,9-10,12,14-18H2,1-2H3,(H,38,43,44). The van der Waals surface area contributed by atoms with Gasteiger partial charge in [-0.05, 0) is 76.6 Å². The van der Waals surface area contributed by atoms with Crippen molar-refractivity contribution in [2.45, 2.75) is 49.7 Å². The topological polar surface area (TPSA) is 137 Å². The smallest absolute Gasteiger partial charge is 0.282 e. The number of amides is 4. The molecule has 0 aliphatic carbocycles. The summed E-state index contributed by atoms with van der Waals surface area (Å²) in [5.74, 6) is -0.473. The van der Waals surface area contributed by atoms with Crippen molar-refractivity contribution in [3.63, 3.8) is 0 Å². The number of fused-ring (bicyclic) bond motifs is 1. The third kappa shape index (κ3) is 5.98. The molecule has 0 radical (unpaired) electrons. The molecule has 4 aliphatic rings. The summed E-state index contributed by atoms with van der Waals surface area (Å²) in [5.41, 5.74) is 4.86. The average Bonchev–Trinajstić information content (AvgIpc) is 3.35. The van der Waals surface area contributed by atoms with Crippen LogP contribution in [0.25, 0.3) is 0 Å². The van der Waals surface area contributed by atoms with E-state index in [0.717, 1.165) is 30.6 Å². The maximum Gasteiger partial charge on any atom is 0.282 e. The Hall–Kier alpha value is -4.36. The van der Waals surface area contributed by atoms with Crippen molar-refractivity contribution in [1.82, 2.24) is 29.8 Å². The number of piperidine rings is 2. The Morgan fingerprint density at radius 1 is 0.957 bits per heavy atom. The number of carbonyl (C=O) groups excluding carboxylic acids is 4. The van der Waals surface area contributed by atoms with E-state index in [9.17, 15) is 24.0 Å². The van der Waals surface area contributed by atoms with Crippen LogP contribution in [0.1, 0.15) is 68.5 Å². The SMILES string of the molecule is CN1CC(Nc2cnn(C)c(=O)c2Br)CC(c2ccc(C(=O)N3CC(c4ccc5c(c4)CN(C4CCC(=O)NC4=O)C5=O)C3)cc2)C1. The Kier molecular flexibility index (Phi) is 8.21. The maximum atomic E-state index is 13.3. The zero-order valence-corrected chi connectivity index (χ0v) is 27.8. The quantitative estimate of drug-likeness (QED) is 0.374. The van der Waals surface area contributed by atoms with Crippen LogP contribution in [0, 0.1) is 0 Å². The fourth-order valence-electron chi connectivity index (χ4n) is 7.28. The number of imide groups is 1. The molecule has 4 amide bonds. The maximum absolute atomic E-state index is 13.3. The van der Waals surface area contributed by atoms with Crippen LogP contribution >= 0.6 is 15.9 Å². The first-order chi connectivity index (χ1) is 22.5. The van der Waals surface area contributed by atoms with Crippen molar-refractivity contribution in [3.05, 3.63) is 91.3 Å². The third-order valence-electron chi connectivity index (χ3n) is 9.89. The number of hydrogen-bond donors (Lipinski definition) is 2. The van der Waals surface area contributed by atoms with Gasteiger partial charge in [-0.25, -0.2) is 4.68 Å². The molecular formula is C34H36BrN7O5. The highest BCUT2D eigenvalue weighted by molar-refractivity contribution is 9.10. The van der Waals surface area contributed by atoms with E-state index >= 15 is 0 Å². The second-order valence-electron chi connectivity index (χ2n) is 13.1. The lowest BCUT2D eigenvalue weighted by Crippen LogP contribution is -2.52. The molecule has 5 heterocycles. The summed E-state index contributed by atoms with van der Waals surface area (Å²) < 4.78 is 1.77. The lowest BCUT2D eigenvalue weighted by atomic mass is 9.87.